The standard InChI is InChI=1S/C17H18N4/c1-21-10-17(20-12-21)6-5-13-3-2-4-15(16(13)7-17)14-8-18-11-19-9-14/h2-4,8-9,11-12H,5-7,10H2,1H3. The molecule has 0 fully saturated rings. The van der Waals surface area contributed by atoms with E-state index in [1.54, 1.807) is 6.33 Å². The fourth-order valence-electron chi connectivity index (χ4n) is 3.58. The van der Waals surface area contributed by atoms with Gasteiger partial charge in [0.05, 0.1) is 11.9 Å². The molecule has 1 atom stereocenters. The molecule has 0 N–H and O–H groups in total. The fourth-order valence-corrected chi connectivity index (χ4v) is 3.58. The summed E-state index contributed by atoms with van der Waals surface area (Å²) in [7, 11) is 2.10. The molecular weight excluding hydrogens is 260 g/mol. The molecule has 1 aliphatic carbocycles. The third-order valence-corrected chi connectivity index (χ3v) is 4.58. The van der Waals surface area contributed by atoms with Crippen LogP contribution in [0.1, 0.15) is 17.5 Å². The second-order valence-corrected chi connectivity index (χ2v) is 6.13. The highest BCUT2D eigenvalue weighted by Gasteiger charge is 2.38. The topological polar surface area (TPSA) is 41.4 Å². The minimum absolute atomic E-state index is 0.0630. The molecule has 0 radical (unpaired) electrons. The van der Waals surface area contributed by atoms with Gasteiger partial charge in [0.2, 0.25) is 0 Å². The molecule has 1 aromatic heterocycles. The highest BCUT2D eigenvalue weighted by molar-refractivity contribution is 5.69. The monoisotopic (exact) mass is 278 g/mol. The first kappa shape index (κ1) is 12.5. The van der Waals surface area contributed by atoms with Crippen LogP contribution in [-0.2, 0) is 12.8 Å². The number of fused-ring (bicyclic) bond motifs is 1. The largest absolute Gasteiger partial charge is 0.364 e. The van der Waals surface area contributed by atoms with Crippen LogP contribution in [0.4, 0.5) is 0 Å². The van der Waals surface area contributed by atoms with Crippen molar-refractivity contribution in [1.82, 2.24) is 14.9 Å². The molecule has 106 valence electrons. The molecule has 1 unspecified atom stereocenters. The smallest absolute Gasteiger partial charge is 0.115 e. The van der Waals surface area contributed by atoms with Gasteiger partial charge in [-0.15, -0.1) is 0 Å². The Morgan fingerprint density at radius 3 is 2.81 bits per heavy atom. The summed E-state index contributed by atoms with van der Waals surface area (Å²) in [4.78, 5) is 15.3. The predicted octanol–water partition coefficient (Wildman–Crippen LogP) is 2.34. The summed E-state index contributed by atoms with van der Waals surface area (Å²) >= 11 is 0. The van der Waals surface area contributed by atoms with Crippen LogP contribution in [0.2, 0.25) is 0 Å². The summed E-state index contributed by atoms with van der Waals surface area (Å²) in [6, 6.07) is 6.57. The van der Waals surface area contributed by atoms with Gasteiger partial charge in [0.25, 0.3) is 0 Å². The van der Waals surface area contributed by atoms with Crippen molar-refractivity contribution >= 4 is 6.34 Å². The Labute approximate surface area is 124 Å². The molecule has 0 amide bonds. The number of hydrogen-bond donors (Lipinski definition) is 0. The number of aromatic nitrogens is 2. The number of rotatable bonds is 1. The molecule has 0 bridgehead atoms. The van der Waals surface area contributed by atoms with E-state index in [1.165, 1.54) is 16.7 Å². The second kappa shape index (κ2) is 4.65. The van der Waals surface area contributed by atoms with Gasteiger partial charge in [-0.3, -0.25) is 4.99 Å². The van der Waals surface area contributed by atoms with Gasteiger partial charge in [-0.2, -0.15) is 0 Å². The van der Waals surface area contributed by atoms with Gasteiger partial charge in [-0.25, -0.2) is 9.97 Å². The van der Waals surface area contributed by atoms with Gasteiger partial charge in [-0.05, 0) is 29.5 Å². The summed E-state index contributed by atoms with van der Waals surface area (Å²) < 4.78 is 0. The highest BCUT2D eigenvalue weighted by Crippen LogP contribution is 2.38. The molecule has 0 saturated heterocycles. The summed E-state index contributed by atoms with van der Waals surface area (Å²) in [5.74, 6) is 0. The fraction of sp³-hybridized carbons (Fsp3) is 0.353. The lowest BCUT2D eigenvalue weighted by atomic mass is 9.76. The predicted molar refractivity (Wildman–Crippen MR) is 83.3 cm³/mol. The number of benzene rings is 1. The molecule has 4 heteroatoms. The lowest BCUT2D eigenvalue weighted by Crippen LogP contribution is -2.38. The van der Waals surface area contributed by atoms with Crippen LogP contribution >= 0.6 is 0 Å². The molecule has 21 heavy (non-hydrogen) atoms. The molecule has 2 aliphatic rings. The lowest BCUT2D eigenvalue weighted by Gasteiger charge is -2.33. The van der Waals surface area contributed by atoms with E-state index in [-0.39, 0.29) is 5.54 Å². The van der Waals surface area contributed by atoms with E-state index in [0.717, 1.165) is 31.4 Å². The van der Waals surface area contributed by atoms with E-state index >= 15 is 0 Å². The molecule has 4 rings (SSSR count). The third-order valence-electron chi connectivity index (χ3n) is 4.58. The van der Waals surface area contributed by atoms with Crippen molar-refractivity contribution in [3.63, 3.8) is 0 Å². The average Bonchev–Trinajstić information content (AvgIpc) is 2.88. The van der Waals surface area contributed by atoms with E-state index in [1.807, 2.05) is 18.7 Å². The van der Waals surface area contributed by atoms with E-state index in [9.17, 15) is 0 Å². The zero-order valence-corrected chi connectivity index (χ0v) is 12.2. The van der Waals surface area contributed by atoms with Crippen LogP contribution in [0.15, 0.2) is 41.9 Å². The first-order chi connectivity index (χ1) is 10.3. The normalized spacial score (nSPS) is 23.6. The highest BCUT2D eigenvalue weighted by atomic mass is 15.2. The number of nitrogens with zero attached hydrogens (tertiary/aromatic N) is 4. The molecule has 2 heterocycles. The Balaban J connectivity index is 1.79. The Bertz CT molecular complexity index is 695. The maximum Gasteiger partial charge on any atom is 0.115 e. The maximum absolute atomic E-state index is 4.81. The first-order valence-corrected chi connectivity index (χ1v) is 7.38. The number of hydrogen-bond acceptors (Lipinski definition) is 4. The van der Waals surface area contributed by atoms with E-state index in [0.29, 0.717) is 0 Å². The van der Waals surface area contributed by atoms with Crippen LogP contribution in [-0.4, -0.2) is 40.3 Å². The summed E-state index contributed by atoms with van der Waals surface area (Å²) in [6.07, 6.45) is 10.6. The minimum Gasteiger partial charge on any atom is -0.364 e. The maximum atomic E-state index is 4.81. The second-order valence-electron chi connectivity index (χ2n) is 6.13. The van der Waals surface area contributed by atoms with Crippen molar-refractivity contribution in [1.29, 1.82) is 0 Å². The lowest BCUT2D eigenvalue weighted by molar-refractivity contribution is 0.337. The van der Waals surface area contributed by atoms with E-state index < -0.39 is 0 Å². The summed E-state index contributed by atoms with van der Waals surface area (Å²) in [6.45, 7) is 1.02. The van der Waals surface area contributed by atoms with E-state index in [4.69, 9.17) is 4.99 Å². The molecule has 1 spiro atoms. The number of aryl methyl sites for hydroxylation is 1. The minimum atomic E-state index is 0.0630. The summed E-state index contributed by atoms with van der Waals surface area (Å²) in [5.41, 5.74) is 5.30. The first-order valence-electron chi connectivity index (χ1n) is 7.38. The average molecular weight is 278 g/mol. The van der Waals surface area contributed by atoms with Gasteiger partial charge in [0.1, 0.15) is 6.33 Å². The number of likely N-dealkylation sites (N-methyl/N-ethyl adjacent to an activating group) is 1. The van der Waals surface area contributed by atoms with Crippen LogP contribution in [0.25, 0.3) is 11.1 Å². The number of aliphatic imine (C=N–C) groups is 1. The van der Waals surface area contributed by atoms with Crippen LogP contribution in [0, 0.1) is 0 Å². The van der Waals surface area contributed by atoms with Crippen LogP contribution < -0.4 is 0 Å². The molecule has 1 aromatic carbocycles. The Morgan fingerprint density at radius 2 is 2.05 bits per heavy atom. The Hall–Kier alpha value is -2.23. The quantitative estimate of drug-likeness (QED) is 0.804. The van der Waals surface area contributed by atoms with Crippen molar-refractivity contribution in [2.75, 3.05) is 13.6 Å². The molecule has 0 saturated carbocycles. The van der Waals surface area contributed by atoms with Gasteiger partial charge in [0.15, 0.2) is 0 Å². The van der Waals surface area contributed by atoms with Gasteiger partial charge < -0.3 is 4.90 Å². The van der Waals surface area contributed by atoms with E-state index in [2.05, 4.69) is 40.1 Å². The Morgan fingerprint density at radius 1 is 1.19 bits per heavy atom. The SMILES string of the molecule is CN1C=NC2(CCc3cccc(-c4cncnc4)c3C2)C1. The van der Waals surface area contributed by atoms with Gasteiger partial charge in [-0.1, -0.05) is 18.2 Å². The van der Waals surface area contributed by atoms with Crippen LogP contribution in [0.5, 0.6) is 0 Å². The third kappa shape index (κ3) is 2.11. The van der Waals surface area contributed by atoms with Crippen molar-refractivity contribution < 1.29 is 0 Å². The summed E-state index contributed by atoms with van der Waals surface area (Å²) in [5, 5.41) is 0. The van der Waals surface area contributed by atoms with Crippen molar-refractivity contribution in [3.05, 3.63) is 48.0 Å². The van der Waals surface area contributed by atoms with Gasteiger partial charge >= 0.3 is 0 Å². The zero-order chi connectivity index (χ0) is 14.3. The molecule has 2 aromatic rings. The van der Waals surface area contributed by atoms with Crippen molar-refractivity contribution in [2.45, 2.75) is 24.8 Å². The zero-order valence-electron chi connectivity index (χ0n) is 12.2. The molecule has 4 nitrogen and oxygen atoms in total. The van der Waals surface area contributed by atoms with Gasteiger partial charge in [0, 0.05) is 38.0 Å². The molecular formula is C17H18N4. The van der Waals surface area contributed by atoms with Crippen LogP contribution in [0.3, 0.4) is 0 Å². The van der Waals surface area contributed by atoms with Crippen molar-refractivity contribution in [2.24, 2.45) is 4.99 Å². The Kier molecular flexibility index (Phi) is 2.77. The molecule has 1 aliphatic heterocycles. The van der Waals surface area contributed by atoms with Crippen molar-refractivity contribution in [3.8, 4) is 11.1 Å².